The van der Waals surface area contributed by atoms with Crippen LogP contribution in [0.1, 0.15) is 23.2 Å². The number of anilines is 1. The molecule has 0 aliphatic rings. The van der Waals surface area contributed by atoms with Crippen LogP contribution in [0.4, 0.5) is 10.5 Å². The van der Waals surface area contributed by atoms with E-state index in [1.165, 1.54) is 0 Å². The van der Waals surface area contributed by atoms with Crippen LogP contribution in [0.5, 0.6) is 0 Å². The number of aromatic nitrogens is 3. The topological polar surface area (TPSA) is 88.2 Å². The van der Waals surface area contributed by atoms with Crippen molar-refractivity contribution < 1.29 is 9.21 Å². The van der Waals surface area contributed by atoms with Crippen LogP contribution in [0.15, 0.2) is 47.2 Å². The van der Waals surface area contributed by atoms with Crippen molar-refractivity contribution in [2.75, 3.05) is 26.0 Å². The van der Waals surface area contributed by atoms with Gasteiger partial charge in [0, 0.05) is 12.2 Å². The third-order valence-electron chi connectivity index (χ3n) is 4.18. The molecule has 142 valence electrons. The van der Waals surface area contributed by atoms with E-state index in [0.29, 0.717) is 18.1 Å². The summed E-state index contributed by atoms with van der Waals surface area (Å²) in [4.78, 5) is 18.6. The zero-order valence-electron chi connectivity index (χ0n) is 15.9. The van der Waals surface area contributed by atoms with Crippen molar-refractivity contribution in [3.63, 3.8) is 0 Å². The monoisotopic (exact) mass is 368 g/mol. The highest BCUT2D eigenvalue weighted by Gasteiger charge is 2.17. The Balaban J connectivity index is 1.58. The number of pyridine rings is 1. The molecular weight excluding hydrogens is 344 g/mol. The zero-order chi connectivity index (χ0) is 19.4. The molecule has 0 saturated carbocycles. The number of hydrogen-bond donors (Lipinski definition) is 2. The summed E-state index contributed by atoms with van der Waals surface area (Å²) in [6.45, 7) is 4.33. The Morgan fingerprint density at radius 2 is 2.11 bits per heavy atom. The molecule has 3 aromatic heterocycles. The van der Waals surface area contributed by atoms with Gasteiger partial charge in [-0.1, -0.05) is 0 Å². The molecule has 3 rings (SSSR count). The number of urea groups is 1. The second-order valence-electron chi connectivity index (χ2n) is 6.57. The minimum absolute atomic E-state index is 0.0442. The van der Waals surface area contributed by atoms with Gasteiger partial charge in [0.15, 0.2) is 5.82 Å². The highest BCUT2D eigenvalue weighted by atomic mass is 16.3. The Hall–Kier alpha value is -3.13. The number of hydrogen-bond acceptors (Lipinski definition) is 5. The molecule has 8 heteroatoms. The molecule has 3 aromatic rings. The van der Waals surface area contributed by atoms with Crippen molar-refractivity contribution in [2.24, 2.45) is 0 Å². The van der Waals surface area contributed by atoms with E-state index in [2.05, 4.69) is 20.7 Å². The van der Waals surface area contributed by atoms with E-state index in [1.807, 2.05) is 57.1 Å². The molecule has 0 aliphatic heterocycles. The van der Waals surface area contributed by atoms with E-state index in [1.54, 1.807) is 23.2 Å². The quantitative estimate of drug-likeness (QED) is 0.698. The van der Waals surface area contributed by atoms with E-state index in [0.717, 1.165) is 17.1 Å². The van der Waals surface area contributed by atoms with E-state index in [4.69, 9.17) is 4.42 Å². The average molecular weight is 368 g/mol. The predicted molar refractivity (Wildman–Crippen MR) is 103 cm³/mol. The molecule has 0 fully saturated rings. The predicted octanol–water partition coefficient (Wildman–Crippen LogP) is 2.90. The first kappa shape index (κ1) is 18.7. The van der Waals surface area contributed by atoms with Crippen LogP contribution in [0.25, 0.3) is 5.82 Å². The molecule has 0 radical (unpaired) electrons. The van der Waals surface area contributed by atoms with Crippen LogP contribution < -0.4 is 10.6 Å². The number of aryl methyl sites for hydroxylation is 2. The van der Waals surface area contributed by atoms with Crippen LogP contribution in [-0.2, 0) is 0 Å². The maximum absolute atomic E-state index is 12.2. The molecule has 0 spiro atoms. The number of carbonyl (C=O) groups excluding carboxylic acids is 1. The first-order chi connectivity index (χ1) is 12.9. The second-order valence-corrected chi connectivity index (χ2v) is 6.57. The molecule has 0 saturated heterocycles. The highest BCUT2D eigenvalue weighted by Crippen LogP contribution is 2.17. The van der Waals surface area contributed by atoms with E-state index in [9.17, 15) is 4.79 Å². The molecule has 2 N–H and O–H groups in total. The Bertz CT molecular complexity index is 884. The lowest BCUT2D eigenvalue weighted by molar-refractivity contribution is 0.233. The number of carbonyl (C=O) groups is 1. The maximum Gasteiger partial charge on any atom is 0.319 e. The zero-order valence-corrected chi connectivity index (χ0v) is 15.9. The fraction of sp³-hybridized carbons (Fsp3) is 0.316. The molecule has 0 aliphatic carbocycles. The Kier molecular flexibility index (Phi) is 5.56. The minimum atomic E-state index is -0.297. The van der Waals surface area contributed by atoms with Crippen molar-refractivity contribution in [3.05, 3.63) is 59.9 Å². The first-order valence-electron chi connectivity index (χ1n) is 8.68. The van der Waals surface area contributed by atoms with Crippen molar-refractivity contribution in [2.45, 2.75) is 19.9 Å². The van der Waals surface area contributed by atoms with Crippen LogP contribution in [-0.4, -0.2) is 46.3 Å². The summed E-state index contributed by atoms with van der Waals surface area (Å²) in [5.41, 5.74) is 2.55. The Morgan fingerprint density at radius 3 is 2.67 bits per heavy atom. The van der Waals surface area contributed by atoms with Gasteiger partial charge in [-0.15, -0.1) is 0 Å². The standard InChI is InChI=1S/C19H24N6O2/c1-13-10-14(2)25(23-13)18-8-7-15(11-20-18)22-19(26)21-12-16(24(3)4)17-6-5-9-27-17/h5-11,16H,12H2,1-4H3,(H2,21,22,26). The van der Waals surface area contributed by atoms with Gasteiger partial charge in [0.05, 0.1) is 29.9 Å². The molecule has 0 bridgehead atoms. The van der Waals surface area contributed by atoms with Crippen molar-refractivity contribution in [1.29, 1.82) is 0 Å². The largest absolute Gasteiger partial charge is 0.468 e. The minimum Gasteiger partial charge on any atom is -0.468 e. The molecular formula is C19H24N6O2. The number of likely N-dealkylation sites (N-methyl/N-ethyl adjacent to an activating group) is 1. The summed E-state index contributed by atoms with van der Waals surface area (Å²) in [5.74, 6) is 1.51. The van der Waals surface area contributed by atoms with E-state index >= 15 is 0 Å². The number of amides is 2. The van der Waals surface area contributed by atoms with Crippen LogP contribution in [0.3, 0.4) is 0 Å². The van der Waals surface area contributed by atoms with Crippen molar-refractivity contribution >= 4 is 11.7 Å². The lowest BCUT2D eigenvalue weighted by Crippen LogP contribution is -2.36. The third kappa shape index (κ3) is 4.53. The maximum atomic E-state index is 12.2. The molecule has 1 atom stereocenters. The van der Waals surface area contributed by atoms with Gasteiger partial charge < -0.3 is 15.1 Å². The normalized spacial score (nSPS) is 12.2. The summed E-state index contributed by atoms with van der Waals surface area (Å²) in [7, 11) is 3.88. The fourth-order valence-corrected chi connectivity index (χ4v) is 2.83. The van der Waals surface area contributed by atoms with Gasteiger partial charge in [-0.3, -0.25) is 4.90 Å². The average Bonchev–Trinajstić information content (AvgIpc) is 3.25. The van der Waals surface area contributed by atoms with Gasteiger partial charge in [-0.2, -0.15) is 5.10 Å². The van der Waals surface area contributed by atoms with Crippen LogP contribution in [0, 0.1) is 13.8 Å². The molecule has 3 heterocycles. The third-order valence-corrected chi connectivity index (χ3v) is 4.18. The number of nitrogens with one attached hydrogen (secondary N) is 2. The Morgan fingerprint density at radius 1 is 1.30 bits per heavy atom. The number of furan rings is 1. The Labute approximate surface area is 158 Å². The summed E-state index contributed by atoms with van der Waals surface area (Å²) in [6.07, 6.45) is 3.24. The molecule has 0 aromatic carbocycles. The van der Waals surface area contributed by atoms with Crippen molar-refractivity contribution in [3.8, 4) is 5.82 Å². The van der Waals surface area contributed by atoms with Gasteiger partial charge in [0.25, 0.3) is 0 Å². The lowest BCUT2D eigenvalue weighted by Gasteiger charge is -2.22. The summed E-state index contributed by atoms with van der Waals surface area (Å²) in [5, 5.41) is 10.1. The van der Waals surface area contributed by atoms with Gasteiger partial charge in [0.2, 0.25) is 0 Å². The van der Waals surface area contributed by atoms with Crippen LogP contribution >= 0.6 is 0 Å². The summed E-state index contributed by atoms with van der Waals surface area (Å²) < 4.78 is 7.21. The van der Waals surface area contributed by atoms with Gasteiger partial charge in [-0.05, 0) is 58.3 Å². The molecule has 8 nitrogen and oxygen atoms in total. The lowest BCUT2D eigenvalue weighted by atomic mass is 10.2. The van der Waals surface area contributed by atoms with Gasteiger partial charge in [0.1, 0.15) is 5.76 Å². The summed E-state index contributed by atoms with van der Waals surface area (Å²) >= 11 is 0. The molecule has 1 unspecified atom stereocenters. The SMILES string of the molecule is Cc1cc(C)n(-c2ccc(NC(=O)NCC(c3ccco3)N(C)C)cn2)n1. The number of nitrogens with zero attached hydrogens (tertiary/aromatic N) is 4. The van der Waals surface area contributed by atoms with E-state index < -0.39 is 0 Å². The summed E-state index contributed by atoms with van der Waals surface area (Å²) in [6, 6.07) is 9.00. The number of rotatable bonds is 6. The second kappa shape index (κ2) is 8.05. The van der Waals surface area contributed by atoms with E-state index in [-0.39, 0.29) is 12.1 Å². The van der Waals surface area contributed by atoms with Crippen molar-refractivity contribution in [1.82, 2.24) is 25.0 Å². The molecule has 2 amide bonds. The van der Waals surface area contributed by atoms with Gasteiger partial charge >= 0.3 is 6.03 Å². The van der Waals surface area contributed by atoms with Crippen LogP contribution in [0.2, 0.25) is 0 Å². The smallest absolute Gasteiger partial charge is 0.319 e. The van der Waals surface area contributed by atoms with Gasteiger partial charge in [-0.25, -0.2) is 14.5 Å². The molecule has 27 heavy (non-hydrogen) atoms. The highest BCUT2D eigenvalue weighted by molar-refractivity contribution is 5.89. The fourth-order valence-electron chi connectivity index (χ4n) is 2.83. The first-order valence-corrected chi connectivity index (χ1v) is 8.68.